The van der Waals surface area contributed by atoms with Crippen molar-refractivity contribution in [3.05, 3.63) is 64.2 Å². The number of anilines is 1. The van der Waals surface area contributed by atoms with Gasteiger partial charge in [-0.25, -0.2) is 8.42 Å². The minimum Gasteiger partial charge on any atom is -0.390 e. The first-order chi connectivity index (χ1) is 14.3. The van der Waals surface area contributed by atoms with Crippen molar-refractivity contribution in [2.75, 3.05) is 30.5 Å². The standard InChI is InChI=1S/C21H27N3O5S/c1-17-9-11-18(12-10-17)23(16-19(25)15-22-13-5-2-6-14-22)30(28,29)21-8-4-3-7-20(21)24(26)27/h3-4,7-12,19,25H,2,5-6,13-16H2,1H3/t19-/m1/s1. The van der Waals surface area contributed by atoms with Crippen LogP contribution in [0.4, 0.5) is 11.4 Å². The Bertz CT molecular complexity index is 972. The number of piperidine rings is 1. The topological polar surface area (TPSA) is 104 Å². The maximum absolute atomic E-state index is 13.5. The predicted molar refractivity (Wildman–Crippen MR) is 115 cm³/mol. The van der Waals surface area contributed by atoms with Gasteiger partial charge in [0, 0.05) is 12.6 Å². The quantitative estimate of drug-likeness (QED) is 0.507. The van der Waals surface area contributed by atoms with Gasteiger partial charge < -0.3 is 10.0 Å². The Labute approximate surface area is 176 Å². The number of sulfonamides is 1. The molecule has 0 saturated carbocycles. The van der Waals surface area contributed by atoms with Gasteiger partial charge in [0.2, 0.25) is 0 Å². The number of benzene rings is 2. The molecule has 1 aliphatic rings. The molecular weight excluding hydrogens is 406 g/mol. The summed E-state index contributed by atoms with van der Waals surface area (Å²) in [5.41, 5.74) is 0.826. The van der Waals surface area contributed by atoms with Crippen LogP contribution in [0.2, 0.25) is 0 Å². The Morgan fingerprint density at radius 1 is 1.10 bits per heavy atom. The second-order valence-corrected chi connectivity index (χ2v) is 9.44. The van der Waals surface area contributed by atoms with Gasteiger partial charge >= 0.3 is 0 Å². The molecule has 2 aromatic rings. The lowest BCUT2D eigenvalue weighted by atomic mass is 10.1. The first kappa shape index (κ1) is 22.2. The molecule has 30 heavy (non-hydrogen) atoms. The lowest BCUT2D eigenvalue weighted by Crippen LogP contribution is -2.44. The minimum atomic E-state index is -4.27. The third-order valence-corrected chi connectivity index (χ3v) is 7.09. The molecule has 1 saturated heterocycles. The molecule has 1 aliphatic heterocycles. The molecular formula is C21H27N3O5S. The Morgan fingerprint density at radius 3 is 2.37 bits per heavy atom. The summed E-state index contributed by atoms with van der Waals surface area (Å²) < 4.78 is 28.0. The Kier molecular flexibility index (Phi) is 7.06. The van der Waals surface area contributed by atoms with Crippen LogP contribution in [-0.2, 0) is 10.0 Å². The normalized spacial score (nSPS) is 16.2. The van der Waals surface area contributed by atoms with Crippen molar-refractivity contribution in [3.8, 4) is 0 Å². The maximum Gasteiger partial charge on any atom is 0.289 e. The smallest absolute Gasteiger partial charge is 0.289 e. The van der Waals surface area contributed by atoms with Crippen molar-refractivity contribution in [1.29, 1.82) is 0 Å². The number of hydrogen-bond acceptors (Lipinski definition) is 6. The molecule has 1 atom stereocenters. The molecule has 8 nitrogen and oxygen atoms in total. The summed E-state index contributed by atoms with van der Waals surface area (Å²) in [6, 6.07) is 12.1. The van der Waals surface area contributed by atoms with Crippen LogP contribution >= 0.6 is 0 Å². The summed E-state index contributed by atoms with van der Waals surface area (Å²) in [5, 5.41) is 22.1. The number of nitro benzene ring substituents is 1. The van der Waals surface area contributed by atoms with Gasteiger partial charge in [0.15, 0.2) is 4.90 Å². The van der Waals surface area contributed by atoms with Crippen molar-refractivity contribution in [3.63, 3.8) is 0 Å². The highest BCUT2D eigenvalue weighted by atomic mass is 32.2. The molecule has 0 spiro atoms. The van der Waals surface area contributed by atoms with E-state index in [1.54, 1.807) is 24.3 Å². The lowest BCUT2D eigenvalue weighted by Gasteiger charge is -2.31. The fourth-order valence-electron chi connectivity index (χ4n) is 3.69. The summed E-state index contributed by atoms with van der Waals surface area (Å²) in [6.07, 6.45) is 2.35. The van der Waals surface area contributed by atoms with Crippen LogP contribution in [-0.4, -0.2) is 55.6 Å². The summed E-state index contributed by atoms with van der Waals surface area (Å²) in [6.45, 7) is 3.80. The molecule has 1 heterocycles. The molecule has 0 radical (unpaired) electrons. The second-order valence-electron chi connectivity index (χ2n) is 7.61. The van der Waals surface area contributed by atoms with E-state index >= 15 is 0 Å². The maximum atomic E-state index is 13.5. The summed E-state index contributed by atoms with van der Waals surface area (Å²) in [4.78, 5) is 12.5. The number of hydrogen-bond donors (Lipinski definition) is 1. The number of aryl methyl sites for hydroxylation is 1. The number of β-amino-alcohol motifs (C(OH)–C–C–N with tert-alkyl or cyclic N) is 1. The summed E-state index contributed by atoms with van der Waals surface area (Å²) in [7, 11) is -4.27. The van der Waals surface area contributed by atoms with E-state index in [-0.39, 0.29) is 11.4 Å². The average Bonchev–Trinajstić information content (AvgIpc) is 2.73. The molecule has 0 bridgehead atoms. The average molecular weight is 434 g/mol. The number of rotatable bonds is 8. The number of para-hydroxylation sites is 1. The number of likely N-dealkylation sites (tertiary alicyclic amines) is 1. The van der Waals surface area contributed by atoms with Crippen molar-refractivity contribution >= 4 is 21.4 Å². The number of nitrogens with zero attached hydrogens (tertiary/aromatic N) is 3. The van der Waals surface area contributed by atoms with Crippen molar-refractivity contribution in [1.82, 2.24) is 4.90 Å². The van der Waals surface area contributed by atoms with Gasteiger partial charge in [-0.1, -0.05) is 36.2 Å². The Hall–Kier alpha value is -2.49. The van der Waals surface area contributed by atoms with Crippen LogP contribution in [0.5, 0.6) is 0 Å². The zero-order valence-electron chi connectivity index (χ0n) is 17.0. The molecule has 9 heteroatoms. The van der Waals surface area contributed by atoms with Gasteiger partial charge in [-0.05, 0) is 51.1 Å². The van der Waals surface area contributed by atoms with Crippen molar-refractivity contribution < 1.29 is 18.4 Å². The predicted octanol–water partition coefficient (Wildman–Crippen LogP) is 2.95. The molecule has 1 fully saturated rings. The first-order valence-electron chi connectivity index (χ1n) is 10.0. The number of nitro groups is 1. The van der Waals surface area contributed by atoms with Crippen molar-refractivity contribution in [2.45, 2.75) is 37.2 Å². The van der Waals surface area contributed by atoms with E-state index in [2.05, 4.69) is 4.90 Å². The van der Waals surface area contributed by atoms with Crippen LogP contribution in [0.25, 0.3) is 0 Å². The fraction of sp³-hybridized carbons (Fsp3) is 0.429. The second kappa shape index (κ2) is 9.55. The molecule has 1 N–H and O–H groups in total. The highest BCUT2D eigenvalue weighted by Crippen LogP contribution is 2.30. The van der Waals surface area contributed by atoms with E-state index in [0.717, 1.165) is 42.2 Å². The summed E-state index contributed by atoms with van der Waals surface area (Å²) in [5.74, 6) is 0. The largest absolute Gasteiger partial charge is 0.390 e. The molecule has 0 unspecified atom stereocenters. The van der Waals surface area contributed by atoms with Crippen LogP contribution in [0, 0.1) is 17.0 Å². The SMILES string of the molecule is Cc1ccc(N(C[C@H](O)CN2CCCCC2)S(=O)(=O)c2ccccc2[N+](=O)[O-])cc1. The van der Waals surface area contributed by atoms with E-state index in [0.29, 0.717) is 12.2 Å². The van der Waals surface area contributed by atoms with E-state index in [1.165, 1.54) is 24.3 Å². The minimum absolute atomic E-state index is 0.187. The van der Waals surface area contributed by atoms with Crippen LogP contribution in [0.15, 0.2) is 53.4 Å². The van der Waals surface area contributed by atoms with E-state index in [9.17, 15) is 23.6 Å². The van der Waals surface area contributed by atoms with Gasteiger partial charge in [0.1, 0.15) is 0 Å². The zero-order chi connectivity index (χ0) is 21.7. The van der Waals surface area contributed by atoms with Gasteiger partial charge in [0.05, 0.1) is 23.3 Å². The Balaban J connectivity index is 1.95. The highest BCUT2D eigenvalue weighted by molar-refractivity contribution is 7.93. The Morgan fingerprint density at radius 2 is 1.73 bits per heavy atom. The molecule has 162 valence electrons. The molecule has 0 aliphatic carbocycles. The van der Waals surface area contributed by atoms with Crippen LogP contribution in [0.3, 0.4) is 0 Å². The van der Waals surface area contributed by atoms with Gasteiger partial charge in [-0.3, -0.25) is 14.4 Å². The first-order valence-corrected chi connectivity index (χ1v) is 11.5. The number of aliphatic hydroxyl groups is 1. The van der Waals surface area contributed by atoms with Crippen molar-refractivity contribution in [2.24, 2.45) is 0 Å². The van der Waals surface area contributed by atoms with E-state index in [4.69, 9.17) is 0 Å². The van der Waals surface area contributed by atoms with E-state index in [1.807, 2.05) is 6.92 Å². The number of aliphatic hydroxyl groups excluding tert-OH is 1. The lowest BCUT2D eigenvalue weighted by molar-refractivity contribution is -0.387. The molecule has 0 aromatic heterocycles. The van der Waals surface area contributed by atoms with Gasteiger partial charge in [-0.15, -0.1) is 0 Å². The fourth-order valence-corrected chi connectivity index (χ4v) is 5.35. The summed E-state index contributed by atoms with van der Waals surface area (Å²) >= 11 is 0. The van der Waals surface area contributed by atoms with Gasteiger partial charge in [-0.2, -0.15) is 0 Å². The molecule has 2 aromatic carbocycles. The third kappa shape index (κ3) is 5.16. The highest BCUT2D eigenvalue weighted by Gasteiger charge is 2.33. The van der Waals surface area contributed by atoms with Gasteiger partial charge in [0.25, 0.3) is 15.7 Å². The molecule has 3 rings (SSSR count). The monoisotopic (exact) mass is 433 g/mol. The molecule has 0 amide bonds. The van der Waals surface area contributed by atoms with Crippen LogP contribution < -0.4 is 4.31 Å². The third-order valence-electron chi connectivity index (χ3n) is 5.25. The van der Waals surface area contributed by atoms with Crippen LogP contribution in [0.1, 0.15) is 24.8 Å². The van der Waals surface area contributed by atoms with E-state index < -0.39 is 26.7 Å². The zero-order valence-corrected chi connectivity index (χ0v) is 17.8.